The summed E-state index contributed by atoms with van der Waals surface area (Å²) in [5.74, 6) is -1.98. The largest absolute Gasteiger partial charge is 0.381 e. The summed E-state index contributed by atoms with van der Waals surface area (Å²) in [4.78, 5) is 13.9. The smallest absolute Gasteiger partial charge is 0.230 e. The fourth-order valence-corrected chi connectivity index (χ4v) is 2.28. The van der Waals surface area contributed by atoms with Gasteiger partial charge in [0, 0.05) is 37.4 Å². The predicted octanol–water partition coefficient (Wildman–Crippen LogP) is 2.74. The summed E-state index contributed by atoms with van der Waals surface area (Å²) in [5, 5.41) is 0. The first-order valence-electron chi connectivity index (χ1n) is 6.47. The summed E-state index contributed by atoms with van der Waals surface area (Å²) in [5.41, 5.74) is 0.401. The summed E-state index contributed by atoms with van der Waals surface area (Å²) in [6.07, 6.45) is 1.36. The molecule has 1 aromatic carbocycles. The van der Waals surface area contributed by atoms with Crippen LogP contribution in [0.1, 0.15) is 19.8 Å². The Morgan fingerprint density at radius 3 is 2.58 bits per heavy atom. The molecule has 104 valence electrons. The summed E-state index contributed by atoms with van der Waals surface area (Å²) < 4.78 is 31.4. The average Bonchev–Trinajstić information content (AvgIpc) is 2.44. The van der Waals surface area contributed by atoms with Gasteiger partial charge in [-0.1, -0.05) is 0 Å². The minimum Gasteiger partial charge on any atom is -0.381 e. The highest BCUT2D eigenvalue weighted by Gasteiger charge is 2.26. The molecular formula is C14H17F2NO2. The molecule has 2 rings (SSSR count). The van der Waals surface area contributed by atoms with Gasteiger partial charge in [0.05, 0.1) is 0 Å². The van der Waals surface area contributed by atoms with Crippen molar-refractivity contribution >= 4 is 11.6 Å². The molecule has 0 unspecified atom stereocenters. The van der Waals surface area contributed by atoms with Crippen molar-refractivity contribution in [1.29, 1.82) is 0 Å². The lowest BCUT2D eigenvalue weighted by atomic mass is 9.98. The molecule has 1 aliphatic heterocycles. The Kier molecular flexibility index (Phi) is 4.47. The van der Waals surface area contributed by atoms with Crippen LogP contribution in [0.5, 0.6) is 0 Å². The number of halogens is 2. The number of carbonyl (C=O) groups is 1. The number of ether oxygens (including phenoxy) is 1. The van der Waals surface area contributed by atoms with Crippen LogP contribution in [0.15, 0.2) is 18.2 Å². The minimum absolute atomic E-state index is 0.0446. The Morgan fingerprint density at radius 2 is 2.00 bits per heavy atom. The fourth-order valence-electron chi connectivity index (χ4n) is 2.28. The van der Waals surface area contributed by atoms with E-state index in [1.54, 1.807) is 0 Å². The third-order valence-corrected chi connectivity index (χ3v) is 3.37. The molecule has 5 heteroatoms. The molecule has 3 nitrogen and oxygen atoms in total. The van der Waals surface area contributed by atoms with Crippen molar-refractivity contribution in [2.45, 2.75) is 19.8 Å². The molecule has 1 heterocycles. The van der Waals surface area contributed by atoms with Gasteiger partial charge in [0.1, 0.15) is 0 Å². The zero-order valence-electron chi connectivity index (χ0n) is 10.9. The molecule has 0 N–H and O–H groups in total. The molecule has 1 aromatic rings. The zero-order valence-corrected chi connectivity index (χ0v) is 10.9. The van der Waals surface area contributed by atoms with Gasteiger partial charge in [-0.3, -0.25) is 4.79 Å². The van der Waals surface area contributed by atoms with E-state index in [0.717, 1.165) is 12.1 Å². The predicted molar refractivity (Wildman–Crippen MR) is 67.9 cm³/mol. The molecule has 1 aliphatic rings. The Morgan fingerprint density at radius 1 is 1.32 bits per heavy atom. The number of carbonyl (C=O) groups excluding carboxylic acids is 1. The number of hydrogen-bond acceptors (Lipinski definition) is 2. The van der Waals surface area contributed by atoms with Gasteiger partial charge in [0.25, 0.3) is 0 Å². The molecule has 1 amide bonds. The van der Waals surface area contributed by atoms with E-state index in [-0.39, 0.29) is 11.8 Å². The quantitative estimate of drug-likeness (QED) is 0.844. The molecule has 0 saturated carbocycles. The summed E-state index contributed by atoms with van der Waals surface area (Å²) in [6.45, 7) is 3.40. The van der Waals surface area contributed by atoms with Crippen LogP contribution < -0.4 is 4.90 Å². The molecule has 0 aromatic heterocycles. The van der Waals surface area contributed by atoms with Gasteiger partial charge in [-0.05, 0) is 31.9 Å². The third kappa shape index (κ3) is 3.10. The first-order chi connectivity index (χ1) is 9.13. The molecule has 1 fully saturated rings. The van der Waals surface area contributed by atoms with Crippen molar-refractivity contribution in [2.75, 3.05) is 24.7 Å². The second kappa shape index (κ2) is 6.10. The normalized spacial score (nSPS) is 16.4. The highest BCUT2D eigenvalue weighted by atomic mass is 19.2. The lowest BCUT2D eigenvalue weighted by molar-refractivity contribution is -0.125. The Bertz CT molecular complexity index is 459. The van der Waals surface area contributed by atoms with Crippen LogP contribution in [0, 0.1) is 17.6 Å². The first kappa shape index (κ1) is 13.9. The Labute approximate surface area is 111 Å². The zero-order chi connectivity index (χ0) is 13.8. The molecule has 19 heavy (non-hydrogen) atoms. The average molecular weight is 269 g/mol. The van der Waals surface area contributed by atoms with E-state index in [2.05, 4.69) is 0 Å². The van der Waals surface area contributed by atoms with Crippen molar-refractivity contribution in [3.8, 4) is 0 Å². The number of nitrogens with zero attached hydrogens (tertiary/aromatic N) is 1. The van der Waals surface area contributed by atoms with Crippen LogP contribution in [0.4, 0.5) is 14.5 Å². The third-order valence-electron chi connectivity index (χ3n) is 3.37. The van der Waals surface area contributed by atoms with Crippen molar-refractivity contribution in [2.24, 2.45) is 5.92 Å². The summed E-state index contributed by atoms with van der Waals surface area (Å²) >= 11 is 0. The van der Waals surface area contributed by atoms with Crippen LogP contribution in [-0.4, -0.2) is 25.7 Å². The summed E-state index contributed by atoms with van der Waals surface area (Å²) in [7, 11) is 0. The van der Waals surface area contributed by atoms with E-state index in [4.69, 9.17) is 4.74 Å². The molecule has 0 atom stereocenters. The van der Waals surface area contributed by atoms with E-state index >= 15 is 0 Å². The van der Waals surface area contributed by atoms with E-state index in [1.165, 1.54) is 11.0 Å². The number of rotatable bonds is 3. The number of amides is 1. The second-order valence-electron chi connectivity index (χ2n) is 4.57. The van der Waals surface area contributed by atoms with Gasteiger partial charge in [0.2, 0.25) is 5.91 Å². The highest BCUT2D eigenvalue weighted by Crippen LogP contribution is 2.23. The molecule has 0 spiro atoms. The molecule has 1 saturated heterocycles. The van der Waals surface area contributed by atoms with E-state index in [1.807, 2.05) is 6.92 Å². The van der Waals surface area contributed by atoms with Gasteiger partial charge in [-0.15, -0.1) is 0 Å². The number of hydrogen-bond donors (Lipinski definition) is 0. The Balaban J connectivity index is 2.18. The lowest BCUT2D eigenvalue weighted by Gasteiger charge is -2.28. The van der Waals surface area contributed by atoms with Crippen molar-refractivity contribution in [1.82, 2.24) is 0 Å². The van der Waals surface area contributed by atoms with Gasteiger partial charge >= 0.3 is 0 Å². The SMILES string of the molecule is CCN(C(=O)C1CCOCC1)c1ccc(F)c(F)c1. The first-order valence-corrected chi connectivity index (χ1v) is 6.47. The van der Waals surface area contributed by atoms with Gasteiger partial charge < -0.3 is 9.64 Å². The maximum Gasteiger partial charge on any atom is 0.230 e. The standard InChI is InChI=1S/C14H17F2NO2/c1-2-17(11-3-4-12(15)13(16)9-11)14(18)10-5-7-19-8-6-10/h3-4,9-10H,2,5-8H2,1H3. The topological polar surface area (TPSA) is 29.5 Å². The molecule has 0 bridgehead atoms. The second-order valence-corrected chi connectivity index (χ2v) is 4.57. The van der Waals surface area contributed by atoms with Gasteiger partial charge in [-0.2, -0.15) is 0 Å². The maximum absolute atomic E-state index is 13.2. The van der Waals surface area contributed by atoms with Crippen LogP contribution in [-0.2, 0) is 9.53 Å². The van der Waals surface area contributed by atoms with E-state index < -0.39 is 11.6 Å². The molecular weight excluding hydrogens is 252 g/mol. The van der Waals surface area contributed by atoms with Crippen molar-refractivity contribution < 1.29 is 18.3 Å². The maximum atomic E-state index is 13.2. The van der Waals surface area contributed by atoms with Crippen LogP contribution in [0.3, 0.4) is 0 Å². The summed E-state index contributed by atoms with van der Waals surface area (Å²) in [6, 6.07) is 3.54. The van der Waals surface area contributed by atoms with Crippen molar-refractivity contribution in [3.05, 3.63) is 29.8 Å². The minimum atomic E-state index is -0.935. The van der Waals surface area contributed by atoms with Crippen LogP contribution in [0.25, 0.3) is 0 Å². The van der Waals surface area contributed by atoms with Crippen LogP contribution >= 0.6 is 0 Å². The van der Waals surface area contributed by atoms with Gasteiger partial charge in [-0.25, -0.2) is 8.78 Å². The van der Waals surface area contributed by atoms with Gasteiger partial charge in [0.15, 0.2) is 11.6 Å². The van der Waals surface area contributed by atoms with Crippen molar-refractivity contribution in [3.63, 3.8) is 0 Å². The fraction of sp³-hybridized carbons (Fsp3) is 0.500. The number of anilines is 1. The number of benzene rings is 1. The molecule has 0 radical (unpaired) electrons. The van der Waals surface area contributed by atoms with E-state index in [0.29, 0.717) is 38.3 Å². The lowest BCUT2D eigenvalue weighted by Crippen LogP contribution is -2.38. The highest BCUT2D eigenvalue weighted by molar-refractivity contribution is 5.95. The van der Waals surface area contributed by atoms with E-state index in [9.17, 15) is 13.6 Å². The monoisotopic (exact) mass is 269 g/mol. The Hall–Kier alpha value is -1.49. The van der Waals surface area contributed by atoms with Crippen LogP contribution in [0.2, 0.25) is 0 Å². The molecule has 0 aliphatic carbocycles.